The number of carboxylic acids is 1. The van der Waals surface area contributed by atoms with E-state index in [1.165, 1.54) is 13.8 Å². The Morgan fingerprint density at radius 1 is 1.42 bits per heavy atom. The fraction of sp³-hybridized carbons (Fsp3) is 0.364. The highest BCUT2D eigenvalue weighted by Crippen LogP contribution is 2.22. The Balaban J connectivity index is 3.30. The lowest BCUT2D eigenvalue weighted by atomic mass is 10.3. The van der Waals surface area contributed by atoms with Crippen molar-refractivity contribution < 1.29 is 22.7 Å². The summed E-state index contributed by atoms with van der Waals surface area (Å²) >= 11 is 5.61. The van der Waals surface area contributed by atoms with Crippen molar-refractivity contribution in [3.05, 3.63) is 29.0 Å². The van der Waals surface area contributed by atoms with E-state index in [9.17, 15) is 17.6 Å². The fourth-order valence-electron chi connectivity index (χ4n) is 1.49. The number of sulfonamides is 1. The number of benzene rings is 1. The average Bonchev–Trinajstić information content (AvgIpc) is 2.23. The number of aliphatic carboxylic acids is 1. The normalized spacial score (nSPS) is 12.1. The highest BCUT2D eigenvalue weighted by molar-refractivity contribution is 7.89. The van der Waals surface area contributed by atoms with Crippen LogP contribution in [0.15, 0.2) is 23.1 Å². The monoisotopic (exact) mass is 309 g/mol. The van der Waals surface area contributed by atoms with E-state index in [1.807, 2.05) is 0 Å². The van der Waals surface area contributed by atoms with Gasteiger partial charge in [-0.05, 0) is 32.0 Å². The number of hydrogen-bond acceptors (Lipinski definition) is 3. The smallest absolute Gasteiger partial charge is 0.318 e. The quantitative estimate of drug-likeness (QED) is 0.902. The van der Waals surface area contributed by atoms with Gasteiger partial charge in [0.2, 0.25) is 10.0 Å². The number of halogens is 2. The van der Waals surface area contributed by atoms with Gasteiger partial charge in [-0.2, -0.15) is 4.31 Å². The summed E-state index contributed by atoms with van der Waals surface area (Å²) in [6.07, 6.45) is 0. The molecule has 8 heteroatoms. The molecule has 0 saturated carbocycles. The molecule has 0 aliphatic rings. The predicted molar refractivity (Wildman–Crippen MR) is 68.1 cm³/mol. The van der Waals surface area contributed by atoms with Crippen LogP contribution >= 0.6 is 11.6 Å². The number of rotatable bonds is 5. The van der Waals surface area contributed by atoms with Crippen molar-refractivity contribution >= 4 is 27.6 Å². The van der Waals surface area contributed by atoms with Gasteiger partial charge in [0.15, 0.2) is 0 Å². The molecule has 1 aromatic carbocycles. The lowest BCUT2D eigenvalue weighted by molar-refractivity contribution is -0.137. The lowest BCUT2D eigenvalue weighted by Crippen LogP contribution is -2.40. The molecule has 1 rings (SSSR count). The molecule has 0 radical (unpaired) electrons. The van der Waals surface area contributed by atoms with E-state index >= 15 is 0 Å². The first-order chi connectivity index (χ1) is 8.64. The fourth-order valence-corrected chi connectivity index (χ4v) is 3.42. The third kappa shape index (κ3) is 3.89. The SMILES string of the molecule is CC(C)N(CC(=O)O)S(=O)(=O)c1cc(F)cc(Cl)c1. The molecule has 5 nitrogen and oxygen atoms in total. The predicted octanol–water partition coefficient (Wildman–Crippen LogP) is 1.96. The molecule has 106 valence electrons. The van der Waals surface area contributed by atoms with Crippen LogP contribution in [0, 0.1) is 5.82 Å². The van der Waals surface area contributed by atoms with Crippen molar-refractivity contribution in [1.82, 2.24) is 4.31 Å². The molecule has 0 fully saturated rings. The van der Waals surface area contributed by atoms with Crippen LogP contribution in [0.3, 0.4) is 0 Å². The first kappa shape index (κ1) is 15.9. The average molecular weight is 310 g/mol. The Morgan fingerprint density at radius 2 is 2.00 bits per heavy atom. The van der Waals surface area contributed by atoms with Gasteiger partial charge >= 0.3 is 5.97 Å². The Morgan fingerprint density at radius 3 is 2.42 bits per heavy atom. The van der Waals surface area contributed by atoms with Gasteiger partial charge in [-0.3, -0.25) is 4.79 Å². The minimum Gasteiger partial charge on any atom is -0.480 e. The molecule has 0 amide bonds. The lowest BCUT2D eigenvalue weighted by Gasteiger charge is -2.24. The zero-order chi connectivity index (χ0) is 14.8. The highest BCUT2D eigenvalue weighted by atomic mass is 35.5. The molecule has 0 unspecified atom stereocenters. The molecule has 0 bridgehead atoms. The van der Waals surface area contributed by atoms with Crippen LogP contribution in [0.25, 0.3) is 0 Å². The second-order valence-corrected chi connectivity index (χ2v) is 6.47. The standard InChI is InChI=1S/C11H13ClFNO4S/c1-7(2)14(6-11(15)16)19(17,18)10-4-8(12)3-9(13)5-10/h3-5,7H,6H2,1-2H3,(H,15,16). The van der Waals surface area contributed by atoms with E-state index in [1.54, 1.807) is 0 Å². The Hall–Kier alpha value is -1.18. The Labute approximate surface area is 115 Å². The molecule has 0 spiro atoms. The Kier molecular flexibility index (Phi) is 4.89. The zero-order valence-electron chi connectivity index (χ0n) is 10.3. The van der Waals surface area contributed by atoms with Gasteiger partial charge < -0.3 is 5.11 Å². The molecule has 0 aliphatic heterocycles. The van der Waals surface area contributed by atoms with Gasteiger partial charge in [-0.1, -0.05) is 11.6 Å². The van der Waals surface area contributed by atoms with Crippen molar-refractivity contribution in [2.45, 2.75) is 24.8 Å². The minimum atomic E-state index is -4.11. The highest BCUT2D eigenvalue weighted by Gasteiger charge is 2.29. The summed E-state index contributed by atoms with van der Waals surface area (Å²) < 4.78 is 38.5. The molecule has 0 aliphatic carbocycles. The second-order valence-electron chi connectivity index (χ2n) is 4.14. The summed E-state index contributed by atoms with van der Waals surface area (Å²) in [5.74, 6) is -2.09. The number of hydrogen-bond donors (Lipinski definition) is 1. The largest absolute Gasteiger partial charge is 0.480 e. The molecule has 0 atom stereocenters. The van der Waals surface area contributed by atoms with Crippen LogP contribution in [-0.4, -0.2) is 36.4 Å². The van der Waals surface area contributed by atoms with Crippen molar-refractivity contribution in [1.29, 1.82) is 0 Å². The maximum atomic E-state index is 13.2. The molecule has 1 N–H and O–H groups in total. The topological polar surface area (TPSA) is 74.7 Å². The van der Waals surface area contributed by atoms with Crippen LogP contribution in [0.4, 0.5) is 4.39 Å². The minimum absolute atomic E-state index is 0.0717. The van der Waals surface area contributed by atoms with Crippen molar-refractivity contribution in [3.8, 4) is 0 Å². The molecule has 19 heavy (non-hydrogen) atoms. The van der Waals surface area contributed by atoms with Gasteiger partial charge in [0.1, 0.15) is 12.4 Å². The van der Waals surface area contributed by atoms with Crippen LogP contribution in [0.5, 0.6) is 0 Å². The first-order valence-electron chi connectivity index (χ1n) is 5.34. The molecular formula is C11H13ClFNO4S. The maximum Gasteiger partial charge on any atom is 0.318 e. The van der Waals surface area contributed by atoms with Gasteiger partial charge in [0, 0.05) is 11.1 Å². The van der Waals surface area contributed by atoms with Crippen molar-refractivity contribution in [3.63, 3.8) is 0 Å². The summed E-state index contributed by atoms with van der Waals surface area (Å²) in [6.45, 7) is 2.36. The summed E-state index contributed by atoms with van der Waals surface area (Å²) in [6, 6.07) is 2.27. The zero-order valence-corrected chi connectivity index (χ0v) is 11.9. The number of nitrogens with zero attached hydrogens (tertiary/aromatic N) is 1. The third-order valence-corrected chi connectivity index (χ3v) is 4.53. The summed E-state index contributed by atoms with van der Waals surface area (Å²) in [7, 11) is -4.11. The van der Waals surface area contributed by atoms with Crippen molar-refractivity contribution in [2.75, 3.05) is 6.54 Å². The first-order valence-corrected chi connectivity index (χ1v) is 7.16. The summed E-state index contributed by atoms with van der Waals surface area (Å²) in [5.41, 5.74) is 0. The van der Waals surface area contributed by atoms with Gasteiger partial charge in [0.25, 0.3) is 0 Å². The summed E-state index contributed by atoms with van der Waals surface area (Å²) in [5, 5.41) is 8.67. The van der Waals surface area contributed by atoms with Crippen LogP contribution < -0.4 is 0 Å². The van der Waals surface area contributed by atoms with Gasteiger partial charge in [-0.15, -0.1) is 0 Å². The van der Waals surface area contributed by atoms with Crippen LogP contribution in [0.2, 0.25) is 5.02 Å². The van der Waals surface area contributed by atoms with Crippen LogP contribution in [-0.2, 0) is 14.8 Å². The maximum absolute atomic E-state index is 13.2. The molecule has 1 aromatic rings. The molecule has 0 saturated heterocycles. The van der Waals surface area contributed by atoms with E-state index in [4.69, 9.17) is 16.7 Å². The number of carboxylic acid groups (broad SMARTS) is 1. The Bertz CT molecular complexity index is 568. The van der Waals surface area contributed by atoms with Gasteiger partial charge in [0.05, 0.1) is 4.90 Å². The van der Waals surface area contributed by atoms with E-state index in [0.717, 1.165) is 22.5 Å². The van der Waals surface area contributed by atoms with Crippen molar-refractivity contribution in [2.24, 2.45) is 0 Å². The summed E-state index contributed by atoms with van der Waals surface area (Å²) in [4.78, 5) is 10.4. The van der Waals surface area contributed by atoms with E-state index < -0.39 is 34.4 Å². The van der Waals surface area contributed by atoms with E-state index in [0.29, 0.717) is 0 Å². The molecular weight excluding hydrogens is 297 g/mol. The second kappa shape index (κ2) is 5.85. The van der Waals surface area contributed by atoms with E-state index in [-0.39, 0.29) is 9.92 Å². The third-order valence-electron chi connectivity index (χ3n) is 2.31. The molecule has 0 heterocycles. The molecule has 0 aromatic heterocycles. The number of carbonyl (C=O) groups is 1. The van der Waals surface area contributed by atoms with Gasteiger partial charge in [-0.25, -0.2) is 12.8 Å². The van der Waals surface area contributed by atoms with E-state index in [2.05, 4.69) is 0 Å². The van der Waals surface area contributed by atoms with Crippen LogP contribution in [0.1, 0.15) is 13.8 Å².